The van der Waals surface area contributed by atoms with E-state index in [4.69, 9.17) is 0 Å². The van der Waals surface area contributed by atoms with Gasteiger partial charge in [0, 0.05) is 0 Å². The SMILES string of the molecule is CC.CC.CC.CC.CC(C)C12CCC(C(C)C)(C1)C2.CC(C)C12CCC(C(C)C)(CC1)C2.CC(C)C12CCC(C(C)C)(CC1)CC2.CC(C)C12CCCC(C(C)C)(C1)C2. The maximum absolute atomic E-state index is 2.44. The van der Waals surface area contributed by atoms with E-state index in [2.05, 4.69) is 111 Å². The fraction of sp³-hybridized carbons (Fsp3) is 1.00. The van der Waals surface area contributed by atoms with Crippen molar-refractivity contribution in [3.8, 4) is 0 Å². The summed E-state index contributed by atoms with van der Waals surface area (Å²) < 4.78 is 0. The lowest BCUT2D eigenvalue weighted by molar-refractivity contribution is -0.147. The lowest BCUT2D eigenvalue weighted by Gasteiger charge is -2.65. The Morgan fingerprint density at radius 2 is 0.317 bits per heavy atom. The molecule has 360 valence electrons. The van der Waals surface area contributed by atoms with Crippen LogP contribution in [0.2, 0.25) is 0 Å². The Labute approximate surface area is 383 Å². The zero-order chi connectivity index (χ0) is 46.8. The van der Waals surface area contributed by atoms with Gasteiger partial charge in [0.2, 0.25) is 0 Å². The average Bonchev–Trinajstić information content (AvgIpc) is 4.03. The van der Waals surface area contributed by atoms with Crippen LogP contribution in [0.5, 0.6) is 0 Å². The van der Waals surface area contributed by atoms with Gasteiger partial charge in [0.1, 0.15) is 0 Å². The molecule has 0 aromatic rings. The van der Waals surface area contributed by atoms with Gasteiger partial charge >= 0.3 is 0 Å². The standard InChI is InChI=1S/C14H26.2C13H24.C12H22.4C2H6/c1-11(2)13-5-8-14(9-6-13,10-7-13)12(3)4;1-10(2)12-5-7-13(9-12,8-6-12)11(3)4;1-10(2)12-6-5-7-13(8-12,9-12)11(3)4;1-9(2)11-5-6-12(7-11,8-11)10(3)4;4*1-2/h11-12H,5-10H2,1-4H3;2*10-11H,5-9H2,1-4H3;9-10H,5-8H2,1-4H3;4*1-2H3. The average molecular weight is 842 g/mol. The second-order valence-electron chi connectivity index (χ2n) is 24.9. The molecule has 0 unspecified atom stereocenters. The van der Waals surface area contributed by atoms with Crippen LogP contribution in [0.3, 0.4) is 0 Å². The first-order valence-corrected chi connectivity index (χ1v) is 28.0. The van der Waals surface area contributed by atoms with Crippen LogP contribution in [0.4, 0.5) is 0 Å². The van der Waals surface area contributed by atoms with Gasteiger partial charge in [0.05, 0.1) is 0 Å². The van der Waals surface area contributed by atoms with Crippen LogP contribution in [0.15, 0.2) is 0 Å². The minimum Gasteiger partial charge on any atom is -0.0683 e. The molecule has 11 saturated carbocycles. The number of rotatable bonds is 8. The zero-order valence-electron chi connectivity index (χ0n) is 46.8. The van der Waals surface area contributed by atoms with Gasteiger partial charge in [-0.05, 0) is 213 Å². The molecule has 11 aliphatic rings. The highest BCUT2D eigenvalue weighted by Gasteiger charge is 2.62. The fourth-order valence-electron chi connectivity index (χ4n) is 15.3. The van der Waals surface area contributed by atoms with Crippen LogP contribution < -0.4 is 0 Å². The van der Waals surface area contributed by atoms with Crippen LogP contribution in [0.25, 0.3) is 0 Å². The van der Waals surface area contributed by atoms with Crippen molar-refractivity contribution in [2.75, 3.05) is 0 Å². The Morgan fingerprint density at radius 3 is 0.467 bits per heavy atom. The van der Waals surface area contributed by atoms with Gasteiger partial charge in [0.15, 0.2) is 0 Å². The van der Waals surface area contributed by atoms with Crippen molar-refractivity contribution < 1.29 is 0 Å². The van der Waals surface area contributed by atoms with Crippen molar-refractivity contribution >= 4 is 0 Å². The van der Waals surface area contributed by atoms with Gasteiger partial charge in [-0.15, -0.1) is 0 Å². The van der Waals surface area contributed by atoms with E-state index in [0.717, 1.165) is 90.7 Å². The predicted octanol–water partition coefficient (Wildman–Crippen LogP) is 21.1. The largest absolute Gasteiger partial charge is 0.0683 e. The van der Waals surface area contributed by atoms with Crippen LogP contribution in [0, 0.1) is 90.7 Å². The second kappa shape index (κ2) is 23.4. The summed E-state index contributed by atoms with van der Waals surface area (Å²) in [5, 5.41) is 0. The third kappa shape index (κ3) is 11.5. The van der Waals surface area contributed by atoms with Crippen LogP contribution in [-0.2, 0) is 0 Å². The molecular weight excluding hydrogens is 721 g/mol. The van der Waals surface area contributed by atoms with Crippen molar-refractivity contribution in [3.63, 3.8) is 0 Å². The zero-order valence-corrected chi connectivity index (χ0v) is 46.8. The van der Waals surface area contributed by atoms with E-state index in [1.54, 1.807) is 0 Å². The van der Waals surface area contributed by atoms with E-state index in [9.17, 15) is 0 Å². The Bertz CT molecular complexity index is 1040. The molecule has 60 heavy (non-hydrogen) atoms. The highest BCUT2D eigenvalue weighted by atomic mass is 14.7. The van der Waals surface area contributed by atoms with Crippen LogP contribution in [-0.4, -0.2) is 0 Å². The van der Waals surface area contributed by atoms with E-state index in [-0.39, 0.29) is 0 Å². The molecule has 0 atom stereocenters. The minimum atomic E-state index is 0.747. The molecule has 0 amide bonds. The van der Waals surface area contributed by atoms with E-state index in [1.807, 2.05) is 55.4 Å². The topological polar surface area (TPSA) is 0 Å². The Balaban J connectivity index is 0.000000378. The van der Waals surface area contributed by atoms with Crippen molar-refractivity contribution in [2.24, 2.45) is 90.7 Å². The summed E-state index contributed by atoms with van der Waals surface area (Å²) in [6.07, 6.45) is 30.4. The first-order chi connectivity index (χ1) is 28.0. The first kappa shape index (κ1) is 58.0. The summed E-state index contributed by atoms with van der Waals surface area (Å²) in [5.41, 5.74) is 6.10. The Morgan fingerprint density at radius 1 is 0.183 bits per heavy atom. The molecule has 11 aliphatic carbocycles. The summed E-state index contributed by atoms with van der Waals surface area (Å²) in [6, 6.07) is 0. The third-order valence-corrected chi connectivity index (χ3v) is 21.4. The monoisotopic (exact) mass is 841 g/mol. The quantitative estimate of drug-likeness (QED) is 0.228. The molecule has 11 fully saturated rings. The summed E-state index contributed by atoms with van der Waals surface area (Å²) >= 11 is 0. The molecule has 0 saturated heterocycles. The summed E-state index contributed by atoms with van der Waals surface area (Å²) in [6.45, 7) is 54.8. The normalized spacial score (nSPS) is 38.4. The molecule has 0 spiro atoms. The van der Waals surface area contributed by atoms with Gasteiger partial charge in [-0.2, -0.15) is 0 Å². The van der Waals surface area contributed by atoms with E-state index in [0.29, 0.717) is 0 Å². The Kier molecular flexibility index (Phi) is 22.7. The maximum Gasteiger partial charge on any atom is -0.0263 e. The lowest BCUT2D eigenvalue weighted by Crippen LogP contribution is -2.55. The van der Waals surface area contributed by atoms with Gasteiger partial charge in [0.25, 0.3) is 0 Å². The first-order valence-electron chi connectivity index (χ1n) is 28.0. The highest BCUT2D eigenvalue weighted by Crippen LogP contribution is 2.73. The molecule has 0 heterocycles. The summed E-state index contributed by atoms with van der Waals surface area (Å²) in [7, 11) is 0. The number of hydrogen-bond donors (Lipinski definition) is 0. The van der Waals surface area contributed by atoms with Gasteiger partial charge in [-0.1, -0.05) is 173 Å². The molecule has 11 rings (SSSR count). The molecular formula is C60H120. The van der Waals surface area contributed by atoms with E-state index >= 15 is 0 Å². The van der Waals surface area contributed by atoms with Crippen molar-refractivity contribution in [1.29, 1.82) is 0 Å². The van der Waals surface area contributed by atoms with Crippen molar-refractivity contribution in [1.82, 2.24) is 0 Å². The minimum absolute atomic E-state index is 0.747. The number of fused-ring (bicyclic) bond motifs is 8. The molecule has 0 nitrogen and oxygen atoms in total. The van der Waals surface area contributed by atoms with Crippen LogP contribution in [0.1, 0.15) is 295 Å². The smallest absolute Gasteiger partial charge is 0.0263 e. The second-order valence-corrected chi connectivity index (χ2v) is 24.9. The molecule has 8 bridgehead atoms. The Hall–Kier alpha value is 0. The van der Waals surface area contributed by atoms with Gasteiger partial charge < -0.3 is 0 Å². The summed E-state index contributed by atoms with van der Waals surface area (Å²) in [5.74, 6) is 7.32. The van der Waals surface area contributed by atoms with E-state index in [1.165, 1.54) is 128 Å². The maximum atomic E-state index is 2.44. The third-order valence-electron chi connectivity index (χ3n) is 21.4. The highest BCUT2D eigenvalue weighted by molar-refractivity contribution is 5.12. The van der Waals surface area contributed by atoms with Crippen molar-refractivity contribution in [2.45, 2.75) is 295 Å². The lowest BCUT2D eigenvalue weighted by atomic mass is 9.40. The molecule has 0 radical (unpaired) electrons. The van der Waals surface area contributed by atoms with Gasteiger partial charge in [-0.3, -0.25) is 0 Å². The molecule has 0 aromatic carbocycles. The fourth-order valence-corrected chi connectivity index (χ4v) is 15.3. The number of hydrogen-bond acceptors (Lipinski definition) is 0. The summed E-state index contributed by atoms with van der Waals surface area (Å²) in [4.78, 5) is 0. The van der Waals surface area contributed by atoms with Crippen LogP contribution >= 0.6 is 0 Å². The van der Waals surface area contributed by atoms with Gasteiger partial charge in [-0.25, -0.2) is 0 Å². The van der Waals surface area contributed by atoms with Crippen molar-refractivity contribution in [3.05, 3.63) is 0 Å². The molecule has 0 aromatic heterocycles. The molecule has 0 N–H and O–H groups in total. The molecule has 0 heteroatoms. The van der Waals surface area contributed by atoms with E-state index < -0.39 is 0 Å². The molecule has 0 aliphatic heterocycles. The predicted molar refractivity (Wildman–Crippen MR) is 276 cm³/mol.